The van der Waals surface area contributed by atoms with E-state index >= 15 is 0 Å². The predicted molar refractivity (Wildman–Crippen MR) is 78.8 cm³/mol. The van der Waals surface area contributed by atoms with Gasteiger partial charge in [0.1, 0.15) is 0 Å². The second-order valence-corrected chi connectivity index (χ2v) is 4.98. The van der Waals surface area contributed by atoms with E-state index in [1.54, 1.807) is 27.1 Å². The van der Waals surface area contributed by atoms with Crippen molar-refractivity contribution in [2.75, 3.05) is 6.26 Å². The molecule has 0 saturated heterocycles. The molecule has 4 nitrogen and oxygen atoms in total. The highest BCUT2D eigenvalue weighted by molar-refractivity contribution is 7.97. The van der Waals surface area contributed by atoms with E-state index in [2.05, 4.69) is 4.98 Å². The summed E-state index contributed by atoms with van der Waals surface area (Å²) in [6, 6.07) is 13.4. The largest absolute Gasteiger partial charge is 0.335 e. The topological polar surface area (TPSA) is 39.8 Å². The smallest absolute Gasteiger partial charge is 0.280 e. The van der Waals surface area contributed by atoms with Gasteiger partial charge in [0.15, 0.2) is 5.65 Å². The SMILES string of the molecule is CSCn1c(=O)n(-c2ccccc2)c2ncccc21. The zero-order valence-electron chi connectivity index (χ0n) is 10.5. The molecule has 5 heteroatoms. The maximum atomic E-state index is 12.6. The molecule has 0 saturated carbocycles. The zero-order chi connectivity index (χ0) is 13.2. The van der Waals surface area contributed by atoms with Gasteiger partial charge in [-0.25, -0.2) is 14.3 Å². The summed E-state index contributed by atoms with van der Waals surface area (Å²) < 4.78 is 3.41. The highest BCUT2D eigenvalue weighted by atomic mass is 32.2. The van der Waals surface area contributed by atoms with E-state index in [9.17, 15) is 4.79 Å². The van der Waals surface area contributed by atoms with Crippen LogP contribution in [0.25, 0.3) is 16.9 Å². The number of aromatic nitrogens is 3. The van der Waals surface area contributed by atoms with Crippen molar-refractivity contribution in [3.63, 3.8) is 0 Å². The molecule has 0 aliphatic carbocycles. The number of hydrogen-bond donors (Lipinski definition) is 0. The lowest BCUT2D eigenvalue weighted by Crippen LogP contribution is -2.22. The van der Waals surface area contributed by atoms with E-state index in [-0.39, 0.29) is 5.69 Å². The predicted octanol–water partition coefficient (Wildman–Crippen LogP) is 2.51. The molecule has 0 amide bonds. The summed E-state index contributed by atoms with van der Waals surface area (Å²) in [4.78, 5) is 16.9. The van der Waals surface area contributed by atoms with Crippen LogP contribution in [0.15, 0.2) is 53.5 Å². The molecule has 96 valence electrons. The molecule has 0 aliphatic rings. The molecule has 0 unspecified atom stereocenters. The Balaban J connectivity index is 2.37. The lowest BCUT2D eigenvalue weighted by atomic mass is 10.3. The van der Waals surface area contributed by atoms with Crippen LogP contribution in [-0.2, 0) is 5.88 Å². The fourth-order valence-electron chi connectivity index (χ4n) is 2.15. The third kappa shape index (κ3) is 1.96. The fraction of sp³-hybridized carbons (Fsp3) is 0.143. The molecule has 0 atom stereocenters. The molecule has 2 heterocycles. The summed E-state index contributed by atoms with van der Waals surface area (Å²) in [5, 5.41) is 0. The first-order valence-electron chi connectivity index (χ1n) is 5.93. The van der Waals surface area contributed by atoms with Crippen LogP contribution in [0.4, 0.5) is 0 Å². The van der Waals surface area contributed by atoms with E-state index < -0.39 is 0 Å². The van der Waals surface area contributed by atoms with Gasteiger partial charge in [0.25, 0.3) is 0 Å². The van der Waals surface area contributed by atoms with Crippen molar-refractivity contribution in [2.24, 2.45) is 0 Å². The summed E-state index contributed by atoms with van der Waals surface area (Å²) in [5.74, 6) is 0.626. The van der Waals surface area contributed by atoms with E-state index in [0.29, 0.717) is 11.5 Å². The number of rotatable bonds is 3. The number of thioether (sulfide) groups is 1. The Kier molecular flexibility index (Phi) is 3.13. The van der Waals surface area contributed by atoms with E-state index in [1.165, 1.54) is 0 Å². The van der Waals surface area contributed by atoms with E-state index in [1.807, 2.05) is 48.7 Å². The maximum Gasteiger partial charge on any atom is 0.335 e. The van der Waals surface area contributed by atoms with Crippen LogP contribution >= 0.6 is 11.8 Å². The van der Waals surface area contributed by atoms with Gasteiger partial charge in [-0.3, -0.25) is 4.57 Å². The molecular weight excluding hydrogens is 258 g/mol. The monoisotopic (exact) mass is 271 g/mol. The van der Waals surface area contributed by atoms with Crippen molar-refractivity contribution in [1.29, 1.82) is 0 Å². The molecule has 0 bridgehead atoms. The maximum absolute atomic E-state index is 12.6. The van der Waals surface area contributed by atoms with Crippen LogP contribution in [0.2, 0.25) is 0 Å². The van der Waals surface area contributed by atoms with Crippen molar-refractivity contribution in [3.05, 3.63) is 59.1 Å². The first-order valence-corrected chi connectivity index (χ1v) is 7.33. The lowest BCUT2D eigenvalue weighted by Gasteiger charge is -2.01. The number of nitrogens with zero attached hydrogens (tertiary/aromatic N) is 3. The Hall–Kier alpha value is -2.01. The van der Waals surface area contributed by atoms with Gasteiger partial charge in [0.05, 0.1) is 17.1 Å². The minimum Gasteiger partial charge on any atom is -0.280 e. The third-order valence-electron chi connectivity index (χ3n) is 2.96. The summed E-state index contributed by atoms with van der Waals surface area (Å²) in [5.41, 5.74) is 2.36. The Morgan fingerprint density at radius 2 is 1.95 bits per heavy atom. The molecular formula is C14H13N3OS. The Labute approximate surface area is 114 Å². The summed E-state index contributed by atoms with van der Waals surface area (Å²) >= 11 is 1.61. The van der Waals surface area contributed by atoms with Crippen molar-refractivity contribution in [3.8, 4) is 5.69 Å². The molecule has 19 heavy (non-hydrogen) atoms. The van der Waals surface area contributed by atoms with Gasteiger partial charge in [-0.15, -0.1) is 11.8 Å². The minimum absolute atomic E-state index is 0.0470. The van der Waals surface area contributed by atoms with Crippen molar-refractivity contribution < 1.29 is 0 Å². The molecule has 2 aromatic heterocycles. The number of para-hydroxylation sites is 1. The minimum atomic E-state index is -0.0470. The summed E-state index contributed by atoms with van der Waals surface area (Å²) in [7, 11) is 0. The van der Waals surface area contributed by atoms with Crippen LogP contribution in [0.5, 0.6) is 0 Å². The zero-order valence-corrected chi connectivity index (χ0v) is 11.3. The highest BCUT2D eigenvalue weighted by Crippen LogP contribution is 2.16. The number of imidazole rings is 1. The summed E-state index contributed by atoms with van der Waals surface area (Å²) in [6.07, 6.45) is 3.69. The van der Waals surface area contributed by atoms with Crippen molar-refractivity contribution in [1.82, 2.24) is 14.1 Å². The van der Waals surface area contributed by atoms with Gasteiger partial charge in [-0.1, -0.05) is 18.2 Å². The second-order valence-electron chi connectivity index (χ2n) is 4.15. The van der Waals surface area contributed by atoms with Crippen LogP contribution in [0, 0.1) is 0 Å². The molecule has 0 N–H and O–H groups in total. The number of pyridine rings is 1. The molecule has 0 spiro atoms. The number of benzene rings is 1. The van der Waals surface area contributed by atoms with Gasteiger partial charge in [0.2, 0.25) is 0 Å². The Morgan fingerprint density at radius 1 is 1.16 bits per heavy atom. The van der Waals surface area contributed by atoms with Crippen LogP contribution in [-0.4, -0.2) is 20.4 Å². The average Bonchev–Trinajstić information content (AvgIpc) is 2.73. The Bertz CT molecular complexity index is 761. The Morgan fingerprint density at radius 3 is 2.68 bits per heavy atom. The fourth-order valence-corrected chi connectivity index (χ4v) is 2.66. The van der Waals surface area contributed by atoms with Crippen molar-refractivity contribution >= 4 is 22.9 Å². The molecule has 0 fully saturated rings. The highest BCUT2D eigenvalue weighted by Gasteiger charge is 2.14. The molecule has 3 aromatic rings. The van der Waals surface area contributed by atoms with Crippen LogP contribution in [0.1, 0.15) is 0 Å². The van der Waals surface area contributed by atoms with Crippen LogP contribution < -0.4 is 5.69 Å². The quantitative estimate of drug-likeness (QED) is 0.735. The number of fused-ring (bicyclic) bond motifs is 1. The van der Waals surface area contributed by atoms with Crippen molar-refractivity contribution in [2.45, 2.75) is 5.88 Å². The first-order chi connectivity index (χ1) is 9.33. The molecule has 3 rings (SSSR count). The summed E-state index contributed by atoms with van der Waals surface area (Å²) in [6.45, 7) is 0. The number of hydrogen-bond acceptors (Lipinski definition) is 3. The van der Waals surface area contributed by atoms with Crippen LogP contribution in [0.3, 0.4) is 0 Å². The first kappa shape index (κ1) is 12.0. The van der Waals surface area contributed by atoms with Gasteiger partial charge in [-0.05, 0) is 30.5 Å². The average molecular weight is 271 g/mol. The standard InChI is InChI=1S/C14H13N3OS/c1-19-10-16-12-8-5-9-15-13(12)17(14(16)18)11-6-3-2-4-7-11/h2-9H,10H2,1H3. The van der Waals surface area contributed by atoms with Gasteiger partial charge < -0.3 is 0 Å². The van der Waals surface area contributed by atoms with Gasteiger partial charge in [-0.2, -0.15) is 0 Å². The lowest BCUT2D eigenvalue weighted by molar-refractivity contribution is 0.830. The van der Waals surface area contributed by atoms with Gasteiger partial charge >= 0.3 is 5.69 Å². The van der Waals surface area contributed by atoms with E-state index in [4.69, 9.17) is 0 Å². The molecule has 0 aliphatic heterocycles. The molecule has 1 aromatic carbocycles. The van der Waals surface area contributed by atoms with Gasteiger partial charge in [0, 0.05) is 6.20 Å². The normalized spacial score (nSPS) is 11.0. The van der Waals surface area contributed by atoms with E-state index in [0.717, 1.165) is 11.2 Å². The third-order valence-corrected chi connectivity index (χ3v) is 3.48. The second kappa shape index (κ2) is 4.93. The molecule has 0 radical (unpaired) electrons.